The number of carbonyl (C=O) groups excluding carboxylic acids is 1. The van der Waals surface area contributed by atoms with E-state index in [0.717, 1.165) is 27.5 Å². The number of amides is 1. The first-order valence-corrected chi connectivity index (χ1v) is 10.0. The second kappa shape index (κ2) is 7.91. The molecule has 2 aromatic heterocycles. The van der Waals surface area contributed by atoms with Crippen LogP contribution in [0, 0.1) is 0 Å². The lowest BCUT2D eigenvalue weighted by Crippen LogP contribution is -2.25. The molecule has 0 saturated heterocycles. The number of pyridine rings is 1. The monoisotopic (exact) mass is 456 g/mol. The first kappa shape index (κ1) is 22.1. The van der Waals surface area contributed by atoms with Crippen molar-refractivity contribution in [3.05, 3.63) is 65.0 Å². The highest BCUT2D eigenvalue weighted by molar-refractivity contribution is 7.92. The molecule has 2 N–H and O–H groups in total. The minimum Gasteiger partial charge on any atom is -0.493 e. The molecule has 0 spiro atoms. The van der Waals surface area contributed by atoms with Crippen LogP contribution in [-0.4, -0.2) is 39.1 Å². The molecular weight excluding hydrogens is 441 g/mol. The number of sulfone groups is 1. The predicted octanol–water partition coefficient (Wildman–Crippen LogP) is 2.04. The van der Waals surface area contributed by atoms with Crippen LogP contribution in [0.2, 0.25) is 0 Å². The van der Waals surface area contributed by atoms with Crippen molar-refractivity contribution in [3.8, 4) is 11.6 Å². The molecule has 0 atom stereocenters. The Morgan fingerprint density at radius 2 is 1.84 bits per heavy atom. The van der Waals surface area contributed by atoms with Crippen LogP contribution in [-0.2, 0) is 21.2 Å². The smallest absolute Gasteiger partial charge is 0.493 e. The number of nitrogens with one attached hydrogen (secondary N) is 1. The fourth-order valence-corrected chi connectivity index (χ4v) is 3.55. The van der Waals surface area contributed by atoms with Gasteiger partial charge in [-0.2, -0.15) is 13.2 Å². The van der Waals surface area contributed by atoms with Gasteiger partial charge in [0.15, 0.2) is 0 Å². The van der Waals surface area contributed by atoms with Gasteiger partial charge in [-0.3, -0.25) is 14.3 Å². The minimum absolute atomic E-state index is 0.0424. The second-order valence-corrected chi connectivity index (χ2v) is 8.33. The number of hydrogen-bond donors (Lipinski definition) is 2. The van der Waals surface area contributed by atoms with Gasteiger partial charge in [0, 0.05) is 13.1 Å². The molecule has 0 aliphatic carbocycles. The van der Waals surface area contributed by atoms with Gasteiger partial charge in [-0.25, -0.2) is 17.8 Å². The molecule has 0 radical (unpaired) electrons. The zero-order valence-corrected chi connectivity index (χ0v) is 16.6. The van der Waals surface area contributed by atoms with Crippen molar-refractivity contribution in [3.63, 3.8) is 0 Å². The molecule has 13 heteroatoms. The van der Waals surface area contributed by atoms with Gasteiger partial charge < -0.3 is 10.4 Å². The molecule has 0 saturated carbocycles. The molecule has 2 heterocycles. The number of benzene rings is 1. The third kappa shape index (κ3) is 4.30. The molecule has 3 aromatic rings. The number of carbonyl (C=O) groups is 1. The van der Waals surface area contributed by atoms with Crippen LogP contribution in [0.5, 0.6) is 5.88 Å². The van der Waals surface area contributed by atoms with Crippen molar-refractivity contribution in [1.82, 2.24) is 14.1 Å². The SMILES string of the molecule is CC(=O)Nc1cnccc1Cn1cc(O)n(-c2ccc(S(=O)(=O)C(F)(F)F)cc2)c1=O. The molecule has 1 amide bonds. The highest BCUT2D eigenvalue weighted by Crippen LogP contribution is 2.30. The molecule has 0 bridgehead atoms. The maximum absolute atomic E-state index is 12.7. The molecule has 0 aliphatic heterocycles. The molecule has 0 fully saturated rings. The average Bonchev–Trinajstić information content (AvgIpc) is 2.95. The van der Waals surface area contributed by atoms with Crippen LogP contribution in [0.15, 0.2) is 58.6 Å². The fourth-order valence-electron chi connectivity index (χ4n) is 2.79. The first-order valence-electron chi connectivity index (χ1n) is 8.55. The van der Waals surface area contributed by atoms with Crippen LogP contribution in [0.1, 0.15) is 12.5 Å². The summed E-state index contributed by atoms with van der Waals surface area (Å²) in [5.41, 5.74) is -5.38. The number of alkyl halides is 3. The molecule has 3 rings (SSSR count). The van der Waals surface area contributed by atoms with Gasteiger partial charge in [0.25, 0.3) is 9.84 Å². The number of imidazole rings is 1. The number of aromatic nitrogens is 3. The van der Waals surface area contributed by atoms with E-state index < -0.39 is 31.8 Å². The molecule has 0 unspecified atom stereocenters. The maximum Gasteiger partial charge on any atom is 0.501 e. The van der Waals surface area contributed by atoms with Crippen molar-refractivity contribution in [1.29, 1.82) is 0 Å². The largest absolute Gasteiger partial charge is 0.501 e. The zero-order valence-electron chi connectivity index (χ0n) is 15.8. The third-order valence-corrected chi connectivity index (χ3v) is 5.71. The summed E-state index contributed by atoms with van der Waals surface area (Å²) in [6, 6.07) is 4.89. The van der Waals surface area contributed by atoms with E-state index >= 15 is 0 Å². The van der Waals surface area contributed by atoms with E-state index in [4.69, 9.17) is 0 Å². The van der Waals surface area contributed by atoms with E-state index in [2.05, 4.69) is 10.3 Å². The van der Waals surface area contributed by atoms with E-state index in [9.17, 15) is 36.3 Å². The lowest BCUT2D eigenvalue weighted by molar-refractivity contribution is -0.114. The Labute approximate surface area is 173 Å². The normalized spacial score (nSPS) is 12.0. The highest BCUT2D eigenvalue weighted by atomic mass is 32.2. The van der Waals surface area contributed by atoms with Crippen molar-refractivity contribution in [2.24, 2.45) is 0 Å². The van der Waals surface area contributed by atoms with Crippen LogP contribution < -0.4 is 11.0 Å². The number of nitrogens with zero attached hydrogens (tertiary/aromatic N) is 3. The predicted molar refractivity (Wildman–Crippen MR) is 103 cm³/mol. The van der Waals surface area contributed by atoms with Crippen molar-refractivity contribution < 1.29 is 31.5 Å². The standard InChI is InChI=1S/C18H15F3N4O5S/c1-11(26)23-15-8-22-7-6-12(15)9-24-10-16(27)25(17(24)28)13-2-4-14(5-3-13)31(29,30)18(19,20)21/h2-8,10,27H,9H2,1H3,(H,23,26). The number of aromatic hydroxyl groups is 1. The number of halogens is 3. The van der Waals surface area contributed by atoms with Gasteiger partial charge in [0.05, 0.1) is 35.2 Å². The van der Waals surface area contributed by atoms with Gasteiger partial charge in [-0.1, -0.05) is 0 Å². The molecule has 31 heavy (non-hydrogen) atoms. The van der Waals surface area contributed by atoms with Gasteiger partial charge in [-0.15, -0.1) is 0 Å². The number of rotatable bonds is 5. The van der Waals surface area contributed by atoms with Crippen molar-refractivity contribution in [2.45, 2.75) is 23.9 Å². The summed E-state index contributed by atoms with van der Waals surface area (Å²) in [6.45, 7) is 1.24. The fraction of sp³-hybridized carbons (Fsp3) is 0.167. The van der Waals surface area contributed by atoms with Crippen molar-refractivity contribution in [2.75, 3.05) is 5.32 Å². The van der Waals surface area contributed by atoms with E-state index in [1.165, 1.54) is 19.3 Å². The third-order valence-electron chi connectivity index (χ3n) is 4.21. The van der Waals surface area contributed by atoms with Gasteiger partial charge in [0.1, 0.15) is 0 Å². The molecule has 1 aromatic carbocycles. The lowest BCUT2D eigenvalue weighted by atomic mass is 10.2. The lowest BCUT2D eigenvalue weighted by Gasteiger charge is -2.10. The zero-order chi connectivity index (χ0) is 23.0. The summed E-state index contributed by atoms with van der Waals surface area (Å²) < 4.78 is 62.9. The minimum atomic E-state index is -5.54. The van der Waals surface area contributed by atoms with E-state index in [1.807, 2.05) is 0 Å². The topological polar surface area (TPSA) is 123 Å². The summed E-state index contributed by atoms with van der Waals surface area (Å²) in [4.78, 5) is 27.0. The molecule has 9 nitrogen and oxygen atoms in total. The van der Waals surface area contributed by atoms with Crippen LogP contribution >= 0.6 is 0 Å². The van der Waals surface area contributed by atoms with E-state index in [1.54, 1.807) is 6.07 Å². The quantitative estimate of drug-likeness (QED) is 0.606. The van der Waals surface area contributed by atoms with Crippen LogP contribution in [0.4, 0.5) is 18.9 Å². The summed E-state index contributed by atoms with van der Waals surface area (Å²) in [5.74, 6) is -0.873. The summed E-state index contributed by atoms with van der Waals surface area (Å²) in [6.07, 6.45) is 3.93. The number of hydrogen-bond acceptors (Lipinski definition) is 6. The van der Waals surface area contributed by atoms with Crippen molar-refractivity contribution >= 4 is 21.4 Å². The molecule has 164 valence electrons. The van der Waals surface area contributed by atoms with Gasteiger partial charge in [-0.05, 0) is 35.9 Å². The highest BCUT2D eigenvalue weighted by Gasteiger charge is 2.46. The van der Waals surface area contributed by atoms with E-state index in [0.29, 0.717) is 23.4 Å². The Morgan fingerprint density at radius 1 is 1.19 bits per heavy atom. The summed E-state index contributed by atoms with van der Waals surface area (Å²) in [7, 11) is -5.54. The van der Waals surface area contributed by atoms with Crippen LogP contribution in [0.3, 0.4) is 0 Å². The Balaban J connectivity index is 1.97. The first-order chi connectivity index (χ1) is 14.4. The Bertz CT molecular complexity index is 1290. The van der Waals surface area contributed by atoms with Gasteiger partial charge in [0.2, 0.25) is 11.8 Å². The summed E-state index contributed by atoms with van der Waals surface area (Å²) >= 11 is 0. The van der Waals surface area contributed by atoms with E-state index in [-0.39, 0.29) is 18.1 Å². The number of anilines is 1. The van der Waals surface area contributed by atoms with Crippen LogP contribution in [0.25, 0.3) is 5.69 Å². The Hall–Kier alpha value is -3.61. The van der Waals surface area contributed by atoms with Gasteiger partial charge >= 0.3 is 11.2 Å². The Morgan fingerprint density at radius 3 is 2.42 bits per heavy atom. The maximum atomic E-state index is 12.7. The average molecular weight is 456 g/mol. The Kier molecular flexibility index (Phi) is 5.63. The summed E-state index contributed by atoms with van der Waals surface area (Å²) in [5, 5.41) is 12.7. The molecular formula is C18H15F3N4O5S. The molecule has 0 aliphatic rings. The second-order valence-electron chi connectivity index (χ2n) is 6.39.